The van der Waals surface area contributed by atoms with Crippen LogP contribution in [0.3, 0.4) is 0 Å². The van der Waals surface area contributed by atoms with Gasteiger partial charge in [-0.3, -0.25) is 14.7 Å². The highest BCUT2D eigenvalue weighted by molar-refractivity contribution is 5.99. The summed E-state index contributed by atoms with van der Waals surface area (Å²) in [5.74, 6) is 1.20. The fourth-order valence-corrected chi connectivity index (χ4v) is 2.94. The Morgan fingerprint density at radius 1 is 0.963 bits per heavy atom. The van der Waals surface area contributed by atoms with Crippen molar-refractivity contribution in [2.75, 3.05) is 4.90 Å². The fraction of sp³-hybridized carbons (Fsp3) is 0.261. The van der Waals surface area contributed by atoms with Crippen LogP contribution in [-0.4, -0.2) is 15.9 Å². The molecule has 0 atom stereocenters. The first-order chi connectivity index (χ1) is 13.0. The van der Waals surface area contributed by atoms with Crippen LogP contribution in [0.2, 0.25) is 0 Å². The van der Waals surface area contributed by atoms with Crippen molar-refractivity contribution in [3.63, 3.8) is 0 Å². The first-order valence-corrected chi connectivity index (χ1v) is 9.31. The van der Waals surface area contributed by atoms with E-state index in [0.717, 1.165) is 28.9 Å². The number of hydrogen-bond donors (Lipinski definition) is 0. The van der Waals surface area contributed by atoms with Gasteiger partial charge < -0.3 is 0 Å². The van der Waals surface area contributed by atoms with Gasteiger partial charge in [-0.2, -0.15) is 0 Å². The molecular weight excluding hydrogens is 334 g/mol. The topological polar surface area (TPSA) is 46.1 Å². The molecule has 0 aliphatic rings. The molecule has 3 rings (SSSR count). The van der Waals surface area contributed by atoms with E-state index in [0.29, 0.717) is 18.2 Å². The molecule has 2 heterocycles. The van der Waals surface area contributed by atoms with Crippen LogP contribution in [0.4, 0.5) is 11.5 Å². The SMILES string of the molecule is Cc1cc(-c2ccc(N(C(=O)CCC(C)C)c3ccccn3)cc2)ccn1. The van der Waals surface area contributed by atoms with Crippen molar-refractivity contribution >= 4 is 17.4 Å². The van der Waals surface area contributed by atoms with Gasteiger partial charge >= 0.3 is 0 Å². The van der Waals surface area contributed by atoms with Crippen molar-refractivity contribution in [1.82, 2.24) is 9.97 Å². The van der Waals surface area contributed by atoms with E-state index in [1.165, 1.54) is 0 Å². The summed E-state index contributed by atoms with van der Waals surface area (Å²) in [6.45, 7) is 6.24. The number of hydrogen-bond acceptors (Lipinski definition) is 3. The Kier molecular flexibility index (Phi) is 5.97. The third kappa shape index (κ3) is 4.79. The maximum Gasteiger partial charge on any atom is 0.232 e. The first kappa shape index (κ1) is 18.8. The molecular formula is C23H25N3O. The van der Waals surface area contributed by atoms with Gasteiger partial charge in [0, 0.05) is 24.5 Å². The minimum Gasteiger partial charge on any atom is -0.274 e. The molecule has 0 radical (unpaired) electrons. The molecule has 0 saturated carbocycles. The molecule has 0 bridgehead atoms. The van der Waals surface area contributed by atoms with Crippen LogP contribution in [0.5, 0.6) is 0 Å². The van der Waals surface area contributed by atoms with Gasteiger partial charge in [-0.1, -0.05) is 32.0 Å². The lowest BCUT2D eigenvalue weighted by atomic mass is 10.0. The second kappa shape index (κ2) is 8.58. The zero-order valence-electron chi connectivity index (χ0n) is 16.1. The predicted octanol–water partition coefficient (Wildman–Crippen LogP) is 5.55. The minimum absolute atomic E-state index is 0.0647. The summed E-state index contributed by atoms with van der Waals surface area (Å²) in [7, 11) is 0. The van der Waals surface area contributed by atoms with Gasteiger partial charge in [0.2, 0.25) is 5.91 Å². The van der Waals surface area contributed by atoms with Crippen molar-refractivity contribution in [3.05, 3.63) is 72.7 Å². The molecule has 0 saturated heterocycles. The second-order valence-electron chi connectivity index (χ2n) is 7.08. The molecule has 0 spiro atoms. The van der Waals surface area contributed by atoms with Gasteiger partial charge in [0.1, 0.15) is 5.82 Å². The van der Waals surface area contributed by atoms with Gasteiger partial charge in [-0.05, 0) is 66.8 Å². The monoisotopic (exact) mass is 359 g/mol. The highest BCUT2D eigenvalue weighted by Gasteiger charge is 2.19. The van der Waals surface area contributed by atoms with E-state index < -0.39 is 0 Å². The van der Waals surface area contributed by atoms with E-state index in [4.69, 9.17) is 0 Å². The molecule has 27 heavy (non-hydrogen) atoms. The van der Waals surface area contributed by atoms with Gasteiger partial charge in [-0.25, -0.2) is 4.98 Å². The number of anilines is 2. The number of amides is 1. The Labute approximate surface area is 160 Å². The van der Waals surface area contributed by atoms with Crippen LogP contribution >= 0.6 is 0 Å². The van der Waals surface area contributed by atoms with Crippen LogP contribution in [0.1, 0.15) is 32.4 Å². The Hall–Kier alpha value is -3.01. The number of pyridine rings is 2. The minimum atomic E-state index is 0.0647. The molecule has 1 aromatic carbocycles. The van der Waals surface area contributed by atoms with Crippen molar-refractivity contribution < 1.29 is 4.79 Å². The molecule has 2 aromatic heterocycles. The fourth-order valence-electron chi connectivity index (χ4n) is 2.94. The standard InChI is InChI=1S/C23H25N3O/c1-17(2)7-12-23(27)26(22-6-4-5-14-25-22)21-10-8-19(9-11-21)20-13-15-24-18(3)16-20/h4-6,8-11,13-17H,7,12H2,1-3H3. The van der Waals surface area contributed by atoms with Crippen LogP contribution in [0.25, 0.3) is 11.1 Å². The summed E-state index contributed by atoms with van der Waals surface area (Å²) in [4.78, 5) is 23.3. The van der Waals surface area contributed by atoms with E-state index in [1.54, 1.807) is 11.1 Å². The largest absolute Gasteiger partial charge is 0.274 e. The average molecular weight is 359 g/mol. The van der Waals surface area contributed by atoms with Crippen LogP contribution in [-0.2, 0) is 4.79 Å². The number of aromatic nitrogens is 2. The molecule has 0 unspecified atom stereocenters. The molecule has 4 heteroatoms. The van der Waals surface area contributed by atoms with E-state index >= 15 is 0 Å². The number of aryl methyl sites for hydroxylation is 1. The van der Waals surface area contributed by atoms with Crippen molar-refractivity contribution in [2.24, 2.45) is 5.92 Å². The summed E-state index contributed by atoms with van der Waals surface area (Å²) >= 11 is 0. The van der Waals surface area contributed by atoms with E-state index in [9.17, 15) is 4.79 Å². The normalized spacial score (nSPS) is 10.8. The molecule has 0 aliphatic heterocycles. The van der Waals surface area contributed by atoms with Gasteiger partial charge in [0.05, 0.1) is 5.69 Å². The number of carbonyl (C=O) groups is 1. The zero-order chi connectivity index (χ0) is 19.2. The molecule has 1 amide bonds. The quantitative estimate of drug-likeness (QED) is 0.579. The summed E-state index contributed by atoms with van der Waals surface area (Å²) in [6, 6.07) is 17.7. The number of carbonyl (C=O) groups excluding carboxylic acids is 1. The first-order valence-electron chi connectivity index (χ1n) is 9.31. The van der Waals surface area contributed by atoms with Crippen LogP contribution < -0.4 is 4.90 Å². The molecule has 0 N–H and O–H groups in total. The number of benzene rings is 1. The number of nitrogens with zero attached hydrogens (tertiary/aromatic N) is 3. The predicted molar refractivity (Wildman–Crippen MR) is 110 cm³/mol. The molecule has 4 nitrogen and oxygen atoms in total. The van der Waals surface area contributed by atoms with E-state index in [1.807, 2.05) is 61.7 Å². The summed E-state index contributed by atoms with van der Waals surface area (Å²) in [5.41, 5.74) is 4.02. The maximum atomic E-state index is 12.9. The third-order valence-corrected chi connectivity index (χ3v) is 4.42. The van der Waals surface area contributed by atoms with Crippen molar-refractivity contribution in [3.8, 4) is 11.1 Å². The lowest BCUT2D eigenvalue weighted by Gasteiger charge is -2.22. The van der Waals surface area contributed by atoms with E-state index in [2.05, 4.69) is 29.9 Å². The third-order valence-electron chi connectivity index (χ3n) is 4.42. The summed E-state index contributed by atoms with van der Waals surface area (Å²) in [6.07, 6.45) is 4.89. The smallest absolute Gasteiger partial charge is 0.232 e. The highest BCUT2D eigenvalue weighted by atomic mass is 16.2. The Balaban J connectivity index is 1.91. The zero-order valence-corrected chi connectivity index (χ0v) is 16.1. The lowest BCUT2D eigenvalue weighted by molar-refractivity contribution is -0.118. The lowest BCUT2D eigenvalue weighted by Crippen LogP contribution is -2.26. The van der Waals surface area contributed by atoms with Crippen molar-refractivity contribution in [1.29, 1.82) is 0 Å². The Morgan fingerprint density at radius 3 is 2.37 bits per heavy atom. The highest BCUT2D eigenvalue weighted by Crippen LogP contribution is 2.28. The number of rotatable bonds is 6. The second-order valence-corrected chi connectivity index (χ2v) is 7.08. The van der Waals surface area contributed by atoms with Crippen molar-refractivity contribution in [2.45, 2.75) is 33.6 Å². The van der Waals surface area contributed by atoms with Gasteiger partial charge in [0.25, 0.3) is 0 Å². The summed E-state index contributed by atoms with van der Waals surface area (Å²) in [5, 5.41) is 0. The molecule has 0 aliphatic carbocycles. The molecule has 138 valence electrons. The molecule has 0 fully saturated rings. The summed E-state index contributed by atoms with van der Waals surface area (Å²) < 4.78 is 0. The van der Waals surface area contributed by atoms with Crippen LogP contribution in [0.15, 0.2) is 67.0 Å². The Bertz CT molecular complexity index is 889. The van der Waals surface area contributed by atoms with E-state index in [-0.39, 0.29) is 5.91 Å². The Morgan fingerprint density at radius 2 is 1.74 bits per heavy atom. The van der Waals surface area contributed by atoms with Gasteiger partial charge in [0.15, 0.2) is 0 Å². The van der Waals surface area contributed by atoms with Crippen LogP contribution in [0, 0.1) is 12.8 Å². The van der Waals surface area contributed by atoms with Gasteiger partial charge in [-0.15, -0.1) is 0 Å². The maximum absolute atomic E-state index is 12.9. The average Bonchev–Trinajstić information content (AvgIpc) is 2.68. The molecule has 3 aromatic rings.